The molecule has 0 saturated carbocycles. The van der Waals surface area contributed by atoms with Crippen LogP contribution in [-0.2, 0) is 11.3 Å². The van der Waals surface area contributed by atoms with E-state index in [-0.39, 0.29) is 23.8 Å². The van der Waals surface area contributed by atoms with Gasteiger partial charge in [0, 0.05) is 25.2 Å². The number of carbonyl (C=O) groups is 2. The minimum atomic E-state index is -0.146. The van der Waals surface area contributed by atoms with Crippen LogP contribution in [0.3, 0.4) is 0 Å². The van der Waals surface area contributed by atoms with E-state index in [0.717, 1.165) is 16.8 Å². The number of aromatic nitrogens is 1. The van der Waals surface area contributed by atoms with Crippen molar-refractivity contribution in [2.75, 3.05) is 0 Å². The number of rotatable bonds is 6. The number of nitrogens with zero attached hydrogens (tertiary/aromatic N) is 1. The van der Waals surface area contributed by atoms with Gasteiger partial charge in [0.2, 0.25) is 5.91 Å². The van der Waals surface area contributed by atoms with Crippen LogP contribution in [0.5, 0.6) is 0 Å². The summed E-state index contributed by atoms with van der Waals surface area (Å²) in [4.78, 5) is 28.0. The molecular weight excluding hydrogens is 314 g/mol. The molecule has 132 valence electrons. The zero-order chi connectivity index (χ0) is 18.4. The fraction of sp³-hybridized carbons (Fsp3) is 0.350. The minimum absolute atomic E-state index is 0.0766. The molecule has 0 aliphatic rings. The second-order valence-electron chi connectivity index (χ2n) is 6.51. The SMILES string of the molecule is CC(=O)NCc1ccc(C(=O)N[C@H](c2ncccc2C)C(C)C)cc1. The second-order valence-corrected chi connectivity index (χ2v) is 6.51. The van der Waals surface area contributed by atoms with Gasteiger partial charge in [-0.2, -0.15) is 0 Å². The summed E-state index contributed by atoms with van der Waals surface area (Å²) >= 11 is 0. The number of hydrogen-bond donors (Lipinski definition) is 2. The van der Waals surface area contributed by atoms with Crippen LogP contribution in [0.15, 0.2) is 42.6 Å². The Bertz CT molecular complexity index is 739. The van der Waals surface area contributed by atoms with Crippen LogP contribution in [-0.4, -0.2) is 16.8 Å². The highest BCUT2D eigenvalue weighted by Crippen LogP contribution is 2.23. The van der Waals surface area contributed by atoms with Gasteiger partial charge in [-0.15, -0.1) is 0 Å². The Balaban J connectivity index is 2.11. The van der Waals surface area contributed by atoms with Crippen molar-refractivity contribution in [1.82, 2.24) is 15.6 Å². The zero-order valence-electron chi connectivity index (χ0n) is 15.2. The molecule has 5 heteroatoms. The molecule has 25 heavy (non-hydrogen) atoms. The molecule has 5 nitrogen and oxygen atoms in total. The van der Waals surface area contributed by atoms with Gasteiger partial charge in [0.15, 0.2) is 0 Å². The summed E-state index contributed by atoms with van der Waals surface area (Å²) in [6, 6.07) is 11.0. The third-order valence-electron chi connectivity index (χ3n) is 4.06. The smallest absolute Gasteiger partial charge is 0.251 e. The van der Waals surface area contributed by atoms with E-state index in [9.17, 15) is 9.59 Å². The Hall–Kier alpha value is -2.69. The largest absolute Gasteiger partial charge is 0.352 e. The molecular formula is C20H25N3O2. The molecule has 0 bridgehead atoms. The number of hydrogen-bond acceptors (Lipinski definition) is 3. The lowest BCUT2D eigenvalue weighted by Crippen LogP contribution is -2.32. The predicted octanol–water partition coefficient (Wildman–Crippen LogP) is 3.15. The number of carbonyl (C=O) groups excluding carboxylic acids is 2. The lowest BCUT2D eigenvalue weighted by molar-refractivity contribution is -0.119. The molecule has 0 fully saturated rings. The number of pyridine rings is 1. The van der Waals surface area contributed by atoms with Gasteiger partial charge in [-0.3, -0.25) is 14.6 Å². The van der Waals surface area contributed by atoms with Crippen LogP contribution in [0.1, 0.15) is 54.0 Å². The average Bonchev–Trinajstić information content (AvgIpc) is 2.58. The van der Waals surface area contributed by atoms with Crippen LogP contribution >= 0.6 is 0 Å². The topological polar surface area (TPSA) is 71.1 Å². The van der Waals surface area contributed by atoms with Crippen LogP contribution in [0.2, 0.25) is 0 Å². The fourth-order valence-electron chi connectivity index (χ4n) is 2.60. The van der Waals surface area contributed by atoms with E-state index in [2.05, 4.69) is 29.5 Å². The molecule has 2 N–H and O–H groups in total. The molecule has 0 aliphatic carbocycles. The summed E-state index contributed by atoms with van der Waals surface area (Å²) in [7, 11) is 0. The molecule has 2 aromatic rings. The third-order valence-corrected chi connectivity index (χ3v) is 4.06. The van der Waals surface area contributed by atoms with Crippen molar-refractivity contribution in [3.63, 3.8) is 0 Å². The summed E-state index contributed by atoms with van der Waals surface area (Å²) in [5.74, 6) is 0.0127. The van der Waals surface area contributed by atoms with Crippen LogP contribution < -0.4 is 10.6 Å². The first-order valence-electron chi connectivity index (χ1n) is 8.44. The maximum absolute atomic E-state index is 12.6. The van der Waals surface area contributed by atoms with Crippen molar-refractivity contribution < 1.29 is 9.59 Å². The standard InChI is InChI=1S/C20H25N3O2/c1-13(2)18(19-14(3)6-5-11-21-19)23-20(25)17-9-7-16(8-10-17)12-22-15(4)24/h5-11,13,18H,12H2,1-4H3,(H,22,24)(H,23,25)/t18-/m0/s1. The van der Waals surface area contributed by atoms with Crippen molar-refractivity contribution in [3.05, 3.63) is 65.0 Å². The Morgan fingerprint density at radius 3 is 2.36 bits per heavy atom. The van der Waals surface area contributed by atoms with Crippen LogP contribution in [0.4, 0.5) is 0 Å². The Morgan fingerprint density at radius 2 is 1.80 bits per heavy atom. The maximum atomic E-state index is 12.6. The Labute approximate surface area is 148 Å². The number of aryl methyl sites for hydroxylation is 1. The number of nitrogens with one attached hydrogen (secondary N) is 2. The molecule has 1 aromatic carbocycles. The van der Waals surface area contributed by atoms with Gasteiger partial charge in [0.05, 0.1) is 11.7 Å². The molecule has 0 unspecified atom stereocenters. The van der Waals surface area contributed by atoms with E-state index in [1.165, 1.54) is 6.92 Å². The Morgan fingerprint density at radius 1 is 1.12 bits per heavy atom. The monoisotopic (exact) mass is 339 g/mol. The summed E-state index contributed by atoms with van der Waals surface area (Å²) in [5.41, 5.74) is 3.50. The van der Waals surface area contributed by atoms with Crippen LogP contribution in [0, 0.1) is 12.8 Å². The van der Waals surface area contributed by atoms with Gasteiger partial charge in [-0.1, -0.05) is 32.0 Å². The van der Waals surface area contributed by atoms with Crippen molar-refractivity contribution >= 4 is 11.8 Å². The maximum Gasteiger partial charge on any atom is 0.251 e. The minimum Gasteiger partial charge on any atom is -0.352 e. The Kier molecular flexibility index (Phi) is 6.28. The lowest BCUT2D eigenvalue weighted by atomic mass is 9.97. The van der Waals surface area contributed by atoms with Gasteiger partial charge in [0.25, 0.3) is 5.91 Å². The first kappa shape index (κ1) is 18.6. The van der Waals surface area contributed by atoms with E-state index in [1.807, 2.05) is 31.2 Å². The van der Waals surface area contributed by atoms with Crippen molar-refractivity contribution in [3.8, 4) is 0 Å². The highest BCUT2D eigenvalue weighted by atomic mass is 16.2. The summed E-state index contributed by atoms with van der Waals surface area (Å²) < 4.78 is 0. The molecule has 0 saturated heterocycles. The molecule has 1 atom stereocenters. The lowest BCUT2D eigenvalue weighted by Gasteiger charge is -2.23. The third kappa shape index (κ3) is 5.14. The molecule has 1 aromatic heterocycles. The quantitative estimate of drug-likeness (QED) is 0.849. The highest BCUT2D eigenvalue weighted by molar-refractivity contribution is 5.94. The van der Waals surface area contributed by atoms with Gasteiger partial charge >= 0.3 is 0 Å². The van der Waals surface area contributed by atoms with E-state index >= 15 is 0 Å². The van der Waals surface area contributed by atoms with Crippen molar-refractivity contribution in [1.29, 1.82) is 0 Å². The fourth-order valence-corrected chi connectivity index (χ4v) is 2.60. The zero-order valence-corrected chi connectivity index (χ0v) is 15.2. The normalized spacial score (nSPS) is 11.9. The summed E-state index contributed by atoms with van der Waals surface area (Å²) in [6.45, 7) is 8.07. The highest BCUT2D eigenvalue weighted by Gasteiger charge is 2.21. The van der Waals surface area contributed by atoms with E-state index in [1.54, 1.807) is 18.3 Å². The predicted molar refractivity (Wildman–Crippen MR) is 98.0 cm³/mol. The number of benzene rings is 1. The number of amides is 2. The van der Waals surface area contributed by atoms with Gasteiger partial charge in [0.1, 0.15) is 0 Å². The average molecular weight is 339 g/mol. The second kappa shape index (κ2) is 8.42. The van der Waals surface area contributed by atoms with E-state index in [4.69, 9.17) is 0 Å². The first-order valence-corrected chi connectivity index (χ1v) is 8.44. The summed E-state index contributed by atoms with van der Waals surface area (Å²) in [6.07, 6.45) is 1.75. The molecule has 2 amide bonds. The van der Waals surface area contributed by atoms with Gasteiger partial charge in [-0.05, 0) is 42.2 Å². The molecule has 0 spiro atoms. The molecule has 0 radical (unpaired) electrons. The molecule has 2 rings (SSSR count). The van der Waals surface area contributed by atoms with Gasteiger partial charge < -0.3 is 10.6 Å². The van der Waals surface area contributed by atoms with E-state index < -0.39 is 0 Å². The molecule has 1 heterocycles. The molecule has 0 aliphatic heterocycles. The summed E-state index contributed by atoms with van der Waals surface area (Å²) in [5, 5.41) is 5.83. The van der Waals surface area contributed by atoms with Crippen molar-refractivity contribution in [2.45, 2.75) is 40.3 Å². The van der Waals surface area contributed by atoms with Crippen LogP contribution in [0.25, 0.3) is 0 Å². The van der Waals surface area contributed by atoms with Gasteiger partial charge in [-0.25, -0.2) is 0 Å². The van der Waals surface area contributed by atoms with E-state index in [0.29, 0.717) is 12.1 Å². The first-order chi connectivity index (χ1) is 11.9. The van der Waals surface area contributed by atoms with Crippen molar-refractivity contribution in [2.24, 2.45) is 5.92 Å².